The Balaban J connectivity index is 2.46. The molecular weight excluding hydrogens is 158 g/mol. The summed E-state index contributed by atoms with van der Waals surface area (Å²) in [5.74, 6) is 0. The summed E-state index contributed by atoms with van der Waals surface area (Å²) in [7, 11) is 0. The van der Waals surface area contributed by atoms with Crippen LogP contribution in [0.4, 0.5) is 0 Å². The number of fused-ring (bicyclic) bond motifs is 3. The second kappa shape index (κ2) is 2.43. The molecule has 2 heterocycles. The zero-order chi connectivity index (χ0) is 8.67. The van der Waals surface area contributed by atoms with Crippen LogP contribution in [0.2, 0.25) is 0 Å². The Kier molecular flexibility index (Phi) is 1.28. The SMILES string of the molecule is C1=Cc2ccc3ccccc3[n+]2C1. The second-order valence-corrected chi connectivity index (χ2v) is 3.33. The maximum Gasteiger partial charge on any atom is 0.213 e. The van der Waals surface area contributed by atoms with E-state index in [-0.39, 0.29) is 0 Å². The minimum absolute atomic E-state index is 1.01. The van der Waals surface area contributed by atoms with Gasteiger partial charge in [0.15, 0.2) is 6.54 Å². The summed E-state index contributed by atoms with van der Waals surface area (Å²) >= 11 is 0. The Morgan fingerprint density at radius 3 is 2.92 bits per heavy atom. The van der Waals surface area contributed by atoms with Crippen LogP contribution in [0.5, 0.6) is 0 Å². The lowest BCUT2D eigenvalue weighted by Crippen LogP contribution is -2.33. The Morgan fingerprint density at radius 2 is 1.92 bits per heavy atom. The fourth-order valence-corrected chi connectivity index (χ4v) is 1.91. The van der Waals surface area contributed by atoms with E-state index in [1.54, 1.807) is 0 Å². The molecular formula is C12H10N+. The fraction of sp³-hybridized carbons (Fsp3) is 0.0833. The smallest absolute Gasteiger partial charge is 0.188 e. The van der Waals surface area contributed by atoms with Crippen LogP contribution in [0.25, 0.3) is 17.0 Å². The van der Waals surface area contributed by atoms with Gasteiger partial charge in [-0.2, -0.15) is 4.57 Å². The topological polar surface area (TPSA) is 3.88 Å². The van der Waals surface area contributed by atoms with Crippen LogP contribution in [0.1, 0.15) is 5.69 Å². The van der Waals surface area contributed by atoms with Gasteiger partial charge in [0.1, 0.15) is 0 Å². The predicted molar refractivity (Wildman–Crippen MR) is 53.2 cm³/mol. The molecule has 0 aliphatic carbocycles. The summed E-state index contributed by atoms with van der Waals surface area (Å²) < 4.78 is 2.33. The first kappa shape index (κ1) is 6.84. The maximum absolute atomic E-state index is 2.33. The van der Waals surface area contributed by atoms with Crippen LogP contribution in [0.3, 0.4) is 0 Å². The van der Waals surface area contributed by atoms with Gasteiger partial charge in [-0.3, -0.25) is 0 Å². The molecule has 0 unspecified atom stereocenters. The Hall–Kier alpha value is -1.63. The van der Waals surface area contributed by atoms with Crippen molar-refractivity contribution in [3.63, 3.8) is 0 Å². The number of hydrogen-bond donors (Lipinski definition) is 0. The van der Waals surface area contributed by atoms with Gasteiger partial charge in [0.25, 0.3) is 0 Å². The van der Waals surface area contributed by atoms with E-state index in [1.165, 1.54) is 16.6 Å². The number of aromatic nitrogens is 1. The molecule has 62 valence electrons. The predicted octanol–water partition coefficient (Wildman–Crippen LogP) is 2.15. The van der Waals surface area contributed by atoms with Crippen molar-refractivity contribution in [1.82, 2.24) is 0 Å². The van der Waals surface area contributed by atoms with Crippen molar-refractivity contribution in [1.29, 1.82) is 0 Å². The lowest BCUT2D eigenvalue weighted by molar-refractivity contribution is -0.658. The third-order valence-electron chi connectivity index (χ3n) is 2.55. The number of allylic oxidation sites excluding steroid dienone is 1. The molecule has 0 spiro atoms. The first-order valence-corrected chi connectivity index (χ1v) is 4.53. The van der Waals surface area contributed by atoms with Crippen LogP contribution in [0.15, 0.2) is 42.5 Å². The zero-order valence-corrected chi connectivity index (χ0v) is 7.27. The molecule has 1 aliphatic rings. The van der Waals surface area contributed by atoms with Crippen molar-refractivity contribution < 1.29 is 4.57 Å². The lowest BCUT2D eigenvalue weighted by atomic mass is 10.2. The van der Waals surface area contributed by atoms with Crippen LogP contribution in [-0.4, -0.2) is 0 Å². The van der Waals surface area contributed by atoms with Crippen molar-refractivity contribution in [3.05, 3.63) is 48.2 Å². The van der Waals surface area contributed by atoms with E-state index in [9.17, 15) is 0 Å². The van der Waals surface area contributed by atoms with E-state index in [0.717, 1.165) is 6.54 Å². The van der Waals surface area contributed by atoms with Crippen molar-refractivity contribution in [3.8, 4) is 0 Å². The fourth-order valence-electron chi connectivity index (χ4n) is 1.91. The first-order valence-electron chi connectivity index (χ1n) is 4.53. The molecule has 0 atom stereocenters. The van der Waals surface area contributed by atoms with E-state index in [0.29, 0.717) is 0 Å². The third kappa shape index (κ3) is 0.903. The van der Waals surface area contributed by atoms with Crippen LogP contribution in [-0.2, 0) is 6.54 Å². The number of para-hydroxylation sites is 1. The van der Waals surface area contributed by atoms with Crippen LogP contribution < -0.4 is 4.57 Å². The van der Waals surface area contributed by atoms with Gasteiger partial charge in [-0.15, -0.1) is 0 Å². The molecule has 1 aliphatic heterocycles. The quantitative estimate of drug-likeness (QED) is 0.531. The number of benzene rings is 1. The van der Waals surface area contributed by atoms with E-state index in [1.807, 2.05) is 0 Å². The average molecular weight is 168 g/mol. The van der Waals surface area contributed by atoms with Gasteiger partial charge in [0.05, 0.1) is 0 Å². The maximum atomic E-state index is 2.33. The molecule has 1 nitrogen and oxygen atoms in total. The van der Waals surface area contributed by atoms with Crippen LogP contribution in [0, 0.1) is 0 Å². The van der Waals surface area contributed by atoms with E-state index in [2.05, 4.69) is 53.1 Å². The highest BCUT2D eigenvalue weighted by atomic mass is 15.0. The summed E-state index contributed by atoms with van der Waals surface area (Å²) in [6, 6.07) is 12.8. The standard InChI is InChI=1S/C12H10N/c1-2-6-12-10(4-1)7-8-11-5-3-9-13(11)12/h1-8H,9H2/q+1. The molecule has 1 aromatic carbocycles. The molecule has 13 heavy (non-hydrogen) atoms. The minimum atomic E-state index is 1.01. The molecule has 0 N–H and O–H groups in total. The minimum Gasteiger partial charge on any atom is -0.188 e. The van der Waals surface area contributed by atoms with Gasteiger partial charge in [0.2, 0.25) is 11.2 Å². The monoisotopic (exact) mass is 168 g/mol. The van der Waals surface area contributed by atoms with Gasteiger partial charge >= 0.3 is 0 Å². The van der Waals surface area contributed by atoms with Crippen molar-refractivity contribution in [2.75, 3.05) is 0 Å². The molecule has 1 aromatic heterocycles. The third-order valence-corrected chi connectivity index (χ3v) is 2.55. The van der Waals surface area contributed by atoms with E-state index >= 15 is 0 Å². The molecule has 0 bridgehead atoms. The lowest BCUT2D eigenvalue weighted by Gasteiger charge is -1.97. The molecule has 0 saturated carbocycles. The molecule has 0 saturated heterocycles. The Morgan fingerprint density at radius 1 is 1.00 bits per heavy atom. The number of hydrogen-bond acceptors (Lipinski definition) is 0. The summed E-state index contributed by atoms with van der Waals surface area (Å²) in [6.07, 6.45) is 4.37. The number of pyridine rings is 1. The number of rotatable bonds is 0. The Labute approximate surface area is 76.9 Å². The van der Waals surface area contributed by atoms with Crippen molar-refractivity contribution in [2.45, 2.75) is 6.54 Å². The molecule has 2 aromatic rings. The summed E-state index contributed by atoms with van der Waals surface area (Å²) in [6.45, 7) is 1.01. The molecule has 3 rings (SSSR count). The second-order valence-electron chi connectivity index (χ2n) is 3.33. The summed E-state index contributed by atoms with van der Waals surface area (Å²) in [5, 5.41) is 1.31. The van der Waals surface area contributed by atoms with Gasteiger partial charge in [0, 0.05) is 23.6 Å². The summed E-state index contributed by atoms with van der Waals surface area (Å²) in [5.41, 5.74) is 2.63. The van der Waals surface area contributed by atoms with E-state index in [4.69, 9.17) is 0 Å². The highest BCUT2D eigenvalue weighted by Crippen LogP contribution is 2.13. The van der Waals surface area contributed by atoms with Gasteiger partial charge in [-0.25, -0.2) is 0 Å². The Bertz CT molecular complexity index is 497. The zero-order valence-electron chi connectivity index (χ0n) is 7.27. The van der Waals surface area contributed by atoms with Crippen LogP contribution >= 0.6 is 0 Å². The highest BCUT2D eigenvalue weighted by molar-refractivity contribution is 5.76. The largest absolute Gasteiger partial charge is 0.213 e. The first-order chi connectivity index (χ1) is 6.45. The van der Waals surface area contributed by atoms with Gasteiger partial charge < -0.3 is 0 Å². The molecule has 1 heteroatoms. The van der Waals surface area contributed by atoms with Gasteiger partial charge in [-0.05, 0) is 18.2 Å². The average Bonchev–Trinajstić information content (AvgIpc) is 2.65. The normalized spacial score (nSPS) is 13.5. The van der Waals surface area contributed by atoms with Crippen molar-refractivity contribution in [2.24, 2.45) is 0 Å². The van der Waals surface area contributed by atoms with Gasteiger partial charge in [-0.1, -0.05) is 12.1 Å². The molecule has 0 amide bonds. The highest BCUT2D eigenvalue weighted by Gasteiger charge is 2.15. The molecule has 0 radical (unpaired) electrons. The number of nitrogens with zero attached hydrogens (tertiary/aromatic N) is 1. The van der Waals surface area contributed by atoms with E-state index < -0.39 is 0 Å². The van der Waals surface area contributed by atoms with Crippen molar-refractivity contribution >= 4 is 17.0 Å². The summed E-state index contributed by atoms with van der Waals surface area (Å²) in [4.78, 5) is 0. The molecule has 0 fully saturated rings.